The molecule has 0 bridgehead atoms. The minimum Gasteiger partial charge on any atom is -0.465 e. The van der Waals surface area contributed by atoms with Crippen molar-refractivity contribution in [3.05, 3.63) is 61.3 Å². The smallest absolute Gasteiger partial charge is 0.337 e. The van der Waals surface area contributed by atoms with Crippen LogP contribution in [0.4, 0.5) is 0 Å². The van der Waals surface area contributed by atoms with E-state index >= 15 is 0 Å². The first-order valence-corrected chi connectivity index (χ1v) is 8.02. The molecule has 3 rings (SSSR count). The summed E-state index contributed by atoms with van der Waals surface area (Å²) in [5.41, 5.74) is 2.65. The number of ether oxygens (including phenoxy) is 1. The van der Waals surface area contributed by atoms with Crippen molar-refractivity contribution in [2.24, 2.45) is 0 Å². The zero-order valence-corrected chi connectivity index (χ0v) is 14.0. The summed E-state index contributed by atoms with van der Waals surface area (Å²) in [5.74, 6) is -0.955. The Bertz CT molecular complexity index is 1050. The highest BCUT2D eigenvalue weighted by atomic mass is 32.1. The van der Waals surface area contributed by atoms with Gasteiger partial charge < -0.3 is 9.72 Å². The number of rotatable bonds is 3. The Morgan fingerprint density at radius 2 is 2.12 bits per heavy atom. The van der Waals surface area contributed by atoms with Crippen molar-refractivity contribution >= 4 is 46.3 Å². The van der Waals surface area contributed by atoms with Gasteiger partial charge in [0.05, 0.1) is 28.5 Å². The number of esters is 1. The van der Waals surface area contributed by atoms with E-state index in [2.05, 4.69) is 15.1 Å². The van der Waals surface area contributed by atoms with Gasteiger partial charge in [0.15, 0.2) is 4.77 Å². The third-order valence-electron chi connectivity index (χ3n) is 3.28. The number of thiophene rings is 1. The number of carbonyl (C=O) groups excluding carboxylic acids is 2. The summed E-state index contributed by atoms with van der Waals surface area (Å²) in [6, 6.07) is 7.80. The van der Waals surface area contributed by atoms with Crippen LogP contribution in [0.5, 0.6) is 0 Å². The number of nitrogens with zero attached hydrogens (tertiary/aromatic N) is 1. The number of fused-ring (bicyclic) bond motifs is 1. The SMILES string of the molecule is COC(=O)c1ccc2c(=O)n(NC(=O)c3cccs3)c(=S)[nH]c2c1. The van der Waals surface area contributed by atoms with Crippen LogP contribution in [0.1, 0.15) is 20.0 Å². The van der Waals surface area contributed by atoms with Crippen LogP contribution >= 0.6 is 23.6 Å². The highest BCUT2D eigenvalue weighted by molar-refractivity contribution is 7.71. The van der Waals surface area contributed by atoms with Crippen molar-refractivity contribution in [2.45, 2.75) is 0 Å². The number of hydrogen-bond donors (Lipinski definition) is 2. The molecule has 0 saturated carbocycles. The third kappa shape index (κ3) is 2.86. The second kappa shape index (κ2) is 6.38. The molecule has 2 heterocycles. The molecule has 0 aliphatic rings. The molecule has 0 spiro atoms. The van der Waals surface area contributed by atoms with E-state index in [4.69, 9.17) is 12.2 Å². The van der Waals surface area contributed by atoms with Gasteiger partial charge in [-0.2, -0.15) is 4.68 Å². The number of aromatic nitrogens is 2. The van der Waals surface area contributed by atoms with E-state index in [0.29, 0.717) is 10.4 Å². The molecular formula is C15H11N3O4S2. The lowest BCUT2D eigenvalue weighted by Crippen LogP contribution is -2.34. The maximum atomic E-state index is 12.6. The molecule has 24 heavy (non-hydrogen) atoms. The second-order valence-electron chi connectivity index (χ2n) is 4.74. The fraction of sp³-hybridized carbons (Fsp3) is 0.0667. The standard InChI is InChI=1S/C15H11N3O4S2/c1-22-14(21)8-4-5-9-10(7-8)16-15(23)18(13(9)20)17-12(19)11-3-2-6-24-11/h2-7H,1H3,(H,16,23)(H,17,19). The molecule has 3 aromatic rings. The van der Waals surface area contributed by atoms with E-state index in [1.54, 1.807) is 17.5 Å². The first-order chi connectivity index (χ1) is 11.5. The maximum absolute atomic E-state index is 12.6. The Morgan fingerprint density at radius 3 is 2.79 bits per heavy atom. The molecule has 0 fully saturated rings. The minimum absolute atomic E-state index is 0.0134. The number of amides is 1. The first kappa shape index (κ1) is 16.1. The summed E-state index contributed by atoms with van der Waals surface area (Å²) in [6.45, 7) is 0. The average Bonchev–Trinajstić information content (AvgIpc) is 3.11. The molecule has 1 amide bonds. The van der Waals surface area contributed by atoms with Crippen LogP contribution in [0.15, 0.2) is 40.5 Å². The van der Waals surface area contributed by atoms with Gasteiger partial charge in [0, 0.05) is 0 Å². The average molecular weight is 361 g/mol. The Balaban J connectivity index is 2.07. The number of hydrogen-bond acceptors (Lipinski definition) is 6. The lowest BCUT2D eigenvalue weighted by Gasteiger charge is -2.09. The van der Waals surface area contributed by atoms with Gasteiger partial charge >= 0.3 is 5.97 Å². The molecule has 0 aliphatic carbocycles. The quantitative estimate of drug-likeness (QED) is 0.551. The Kier molecular flexibility index (Phi) is 4.28. The summed E-state index contributed by atoms with van der Waals surface area (Å²) in [4.78, 5) is 39.5. The molecule has 0 unspecified atom stereocenters. The molecule has 9 heteroatoms. The first-order valence-electron chi connectivity index (χ1n) is 6.73. The van der Waals surface area contributed by atoms with E-state index in [9.17, 15) is 14.4 Å². The van der Waals surface area contributed by atoms with Crippen molar-refractivity contribution < 1.29 is 14.3 Å². The van der Waals surface area contributed by atoms with Crippen LogP contribution in [-0.2, 0) is 4.74 Å². The maximum Gasteiger partial charge on any atom is 0.337 e. The van der Waals surface area contributed by atoms with Crippen LogP contribution < -0.4 is 11.0 Å². The van der Waals surface area contributed by atoms with Gasteiger partial charge in [-0.05, 0) is 41.9 Å². The van der Waals surface area contributed by atoms with Gasteiger partial charge in [0.2, 0.25) is 0 Å². The van der Waals surface area contributed by atoms with Gasteiger partial charge in [-0.1, -0.05) is 6.07 Å². The van der Waals surface area contributed by atoms with Gasteiger partial charge in [0.1, 0.15) is 0 Å². The van der Waals surface area contributed by atoms with Crippen LogP contribution in [0, 0.1) is 4.77 Å². The predicted molar refractivity (Wildman–Crippen MR) is 92.7 cm³/mol. The Hall–Kier alpha value is -2.78. The van der Waals surface area contributed by atoms with Crippen LogP contribution in [0.2, 0.25) is 0 Å². The molecule has 0 radical (unpaired) electrons. The topological polar surface area (TPSA) is 93.2 Å². The van der Waals surface area contributed by atoms with Crippen molar-refractivity contribution in [3.8, 4) is 0 Å². The largest absolute Gasteiger partial charge is 0.465 e. The fourth-order valence-corrected chi connectivity index (χ4v) is 2.98. The number of carbonyl (C=O) groups is 2. The summed E-state index contributed by atoms with van der Waals surface area (Å²) < 4.78 is 5.63. The summed E-state index contributed by atoms with van der Waals surface area (Å²) in [7, 11) is 1.27. The highest BCUT2D eigenvalue weighted by Crippen LogP contribution is 2.12. The molecule has 0 atom stereocenters. The predicted octanol–water partition coefficient (Wildman–Crippen LogP) is 2.29. The molecular weight excluding hydrogens is 350 g/mol. The molecule has 0 aliphatic heterocycles. The molecule has 0 saturated heterocycles. The monoisotopic (exact) mass is 361 g/mol. The zero-order valence-electron chi connectivity index (χ0n) is 12.4. The Morgan fingerprint density at radius 1 is 1.33 bits per heavy atom. The van der Waals surface area contributed by atoms with E-state index in [-0.39, 0.29) is 15.7 Å². The van der Waals surface area contributed by atoms with E-state index < -0.39 is 17.4 Å². The fourth-order valence-electron chi connectivity index (χ4n) is 2.13. The van der Waals surface area contributed by atoms with Gasteiger partial charge in [-0.25, -0.2) is 4.79 Å². The van der Waals surface area contributed by atoms with E-state index in [0.717, 1.165) is 4.68 Å². The van der Waals surface area contributed by atoms with Gasteiger partial charge in [-0.15, -0.1) is 11.3 Å². The molecule has 2 aromatic heterocycles. The van der Waals surface area contributed by atoms with Crippen molar-refractivity contribution in [3.63, 3.8) is 0 Å². The van der Waals surface area contributed by atoms with E-state index in [1.165, 1.54) is 36.6 Å². The van der Waals surface area contributed by atoms with Crippen LogP contribution in [0.25, 0.3) is 10.9 Å². The zero-order chi connectivity index (χ0) is 17.3. The molecule has 1 aromatic carbocycles. The molecule has 7 nitrogen and oxygen atoms in total. The number of nitrogens with one attached hydrogen (secondary N) is 2. The third-order valence-corrected chi connectivity index (χ3v) is 4.43. The lowest BCUT2D eigenvalue weighted by molar-refractivity contribution is 0.0600. The minimum atomic E-state index is -0.522. The van der Waals surface area contributed by atoms with Crippen molar-refractivity contribution in [1.29, 1.82) is 0 Å². The normalized spacial score (nSPS) is 10.5. The van der Waals surface area contributed by atoms with Crippen LogP contribution in [0.3, 0.4) is 0 Å². The number of H-pyrrole nitrogens is 1. The summed E-state index contributed by atoms with van der Waals surface area (Å²) >= 11 is 6.38. The van der Waals surface area contributed by atoms with Crippen molar-refractivity contribution in [2.75, 3.05) is 12.5 Å². The summed E-state index contributed by atoms with van der Waals surface area (Å²) in [6.07, 6.45) is 0. The van der Waals surface area contributed by atoms with Crippen molar-refractivity contribution in [1.82, 2.24) is 9.66 Å². The second-order valence-corrected chi connectivity index (χ2v) is 6.08. The highest BCUT2D eigenvalue weighted by Gasteiger charge is 2.13. The van der Waals surface area contributed by atoms with Gasteiger partial charge in [0.25, 0.3) is 11.5 Å². The lowest BCUT2D eigenvalue weighted by atomic mass is 10.1. The number of methoxy groups -OCH3 is 1. The Labute approximate surface area is 144 Å². The number of aromatic amines is 1. The van der Waals surface area contributed by atoms with Gasteiger partial charge in [-0.3, -0.25) is 15.0 Å². The number of benzene rings is 1. The molecule has 2 N–H and O–H groups in total. The van der Waals surface area contributed by atoms with E-state index in [1.807, 2.05) is 0 Å². The summed E-state index contributed by atoms with van der Waals surface area (Å²) in [5, 5.41) is 2.04. The van der Waals surface area contributed by atoms with Crippen LogP contribution in [-0.4, -0.2) is 28.6 Å². The molecule has 122 valence electrons.